The SMILES string of the molecule is O=C(NCc1ccc(N2CCCC2)cc1)c1ccco1. The number of furan rings is 1. The number of hydrogen-bond donors (Lipinski definition) is 1. The van der Waals surface area contributed by atoms with Gasteiger partial charge in [-0.3, -0.25) is 4.79 Å². The second-order valence-electron chi connectivity index (χ2n) is 5.02. The molecule has 4 nitrogen and oxygen atoms in total. The number of anilines is 1. The molecule has 1 N–H and O–H groups in total. The lowest BCUT2D eigenvalue weighted by atomic mass is 10.2. The molecule has 1 amide bonds. The third-order valence-corrected chi connectivity index (χ3v) is 3.61. The summed E-state index contributed by atoms with van der Waals surface area (Å²) in [5, 5.41) is 2.84. The number of hydrogen-bond acceptors (Lipinski definition) is 3. The van der Waals surface area contributed by atoms with Gasteiger partial charge in [0.15, 0.2) is 5.76 Å². The standard InChI is InChI=1S/C16H18N2O2/c19-16(15-4-3-11-20-15)17-12-13-5-7-14(8-6-13)18-9-1-2-10-18/h3-8,11H,1-2,9-10,12H2,(H,17,19). The maximum Gasteiger partial charge on any atom is 0.287 e. The van der Waals surface area contributed by atoms with Gasteiger partial charge in [-0.25, -0.2) is 0 Å². The van der Waals surface area contributed by atoms with Crippen LogP contribution < -0.4 is 10.2 Å². The molecule has 0 atom stereocenters. The van der Waals surface area contributed by atoms with Gasteiger partial charge in [-0.2, -0.15) is 0 Å². The van der Waals surface area contributed by atoms with Crippen LogP contribution in [0.2, 0.25) is 0 Å². The second-order valence-corrected chi connectivity index (χ2v) is 5.02. The molecule has 20 heavy (non-hydrogen) atoms. The largest absolute Gasteiger partial charge is 0.459 e. The normalized spacial score (nSPS) is 14.5. The first kappa shape index (κ1) is 12.8. The molecule has 0 spiro atoms. The second kappa shape index (κ2) is 5.82. The average molecular weight is 270 g/mol. The van der Waals surface area contributed by atoms with Gasteiger partial charge in [-0.05, 0) is 42.7 Å². The Kier molecular flexibility index (Phi) is 3.72. The van der Waals surface area contributed by atoms with Crippen molar-refractivity contribution in [1.29, 1.82) is 0 Å². The highest BCUT2D eigenvalue weighted by atomic mass is 16.3. The van der Waals surface area contributed by atoms with Gasteiger partial charge in [0.25, 0.3) is 5.91 Å². The van der Waals surface area contributed by atoms with Gasteiger partial charge in [0, 0.05) is 25.3 Å². The average Bonchev–Trinajstić information content (AvgIpc) is 3.18. The summed E-state index contributed by atoms with van der Waals surface area (Å²) in [6.07, 6.45) is 4.06. The smallest absolute Gasteiger partial charge is 0.287 e. The van der Waals surface area contributed by atoms with Gasteiger partial charge in [-0.1, -0.05) is 12.1 Å². The van der Waals surface area contributed by atoms with Crippen LogP contribution in [0, 0.1) is 0 Å². The van der Waals surface area contributed by atoms with Crippen molar-refractivity contribution in [1.82, 2.24) is 5.32 Å². The molecule has 4 heteroatoms. The van der Waals surface area contributed by atoms with Crippen molar-refractivity contribution in [2.45, 2.75) is 19.4 Å². The Morgan fingerprint density at radius 1 is 1.15 bits per heavy atom. The first-order chi connectivity index (χ1) is 9.83. The van der Waals surface area contributed by atoms with Gasteiger partial charge in [0.2, 0.25) is 0 Å². The van der Waals surface area contributed by atoms with Crippen molar-refractivity contribution < 1.29 is 9.21 Å². The zero-order valence-corrected chi connectivity index (χ0v) is 11.3. The zero-order chi connectivity index (χ0) is 13.8. The fourth-order valence-electron chi connectivity index (χ4n) is 2.48. The van der Waals surface area contributed by atoms with Crippen molar-refractivity contribution in [3.8, 4) is 0 Å². The quantitative estimate of drug-likeness (QED) is 0.929. The molecule has 0 unspecified atom stereocenters. The molecule has 0 bridgehead atoms. The Bertz CT molecular complexity index is 555. The van der Waals surface area contributed by atoms with E-state index in [1.54, 1.807) is 12.1 Å². The van der Waals surface area contributed by atoms with Gasteiger partial charge < -0.3 is 14.6 Å². The topological polar surface area (TPSA) is 45.5 Å². The summed E-state index contributed by atoms with van der Waals surface area (Å²) in [6.45, 7) is 2.81. The fraction of sp³-hybridized carbons (Fsp3) is 0.312. The van der Waals surface area contributed by atoms with Crippen molar-refractivity contribution in [2.24, 2.45) is 0 Å². The van der Waals surface area contributed by atoms with Crippen LogP contribution in [-0.2, 0) is 6.54 Å². The zero-order valence-electron chi connectivity index (χ0n) is 11.3. The van der Waals surface area contributed by atoms with Crippen LogP contribution in [0.3, 0.4) is 0 Å². The summed E-state index contributed by atoms with van der Waals surface area (Å²) in [4.78, 5) is 14.1. The van der Waals surface area contributed by atoms with Crippen LogP contribution in [0.5, 0.6) is 0 Å². The highest BCUT2D eigenvalue weighted by molar-refractivity contribution is 5.91. The molecule has 0 radical (unpaired) electrons. The monoisotopic (exact) mass is 270 g/mol. The van der Waals surface area contributed by atoms with Gasteiger partial charge in [0.1, 0.15) is 0 Å². The Labute approximate surface area is 118 Å². The van der Waals surface area contributed by atoms with E-state index in [0.29, 0.717) is 12.3 Å². The van der Waals surface area contributed by atoms with Crippen LogP contribution in [-0.4, -0.2) is 19.0 Å². The first-order valence-corrected chi connectivity index (χ1v) is 6.98. The van der Waals surface area contributed by atoms with E-state index in [1.807, 2.05) is 0 Å². The summed E-state index contributed by atoms with van der Waals surface area (Å²) >= 11 is 0. The number of carbonyl (C=O) groups is 1. The third kappa shape index (κ3) is 2.85. The summed E-state index contributed by atoms with van der Waals surface area (Å²) < 4.78 is 5.05. The molecular formula is C16H18N2O2. The Morgan fingerprint density at radius 2 is 1.90 bits per heavy atom. The maximum absolute atomic E-state index is 11.7. The minimum atomic E-state index is -0.182. The molecule has 0 saturated carbocycles. The lowest BCUT2D eigenvalue weighted by Gasteiger charge is -2.17. The molecule has 1 fully saturated rings. The maximum atomic E-state index is 11.7. The minimum Gasteiger partial charge on any atom is -0.459 e. The van der Waals surface area contributed by atoms with Crippen LogP contribution in [0.15, 0.2) is 47.1 Å². The first-order valence-electron chi connectivity index (χ1n) is 6.98. The van der Waals surface area contributed by atoms with E-state index in [4.69, 9.17) is 4.42 Å². The summed E-state index contributed by atoms with van der Waals surface area (Å²) in [5.41, 5.74) is 2.36. The molecule has 2 heterocycles. The van der Waals surface area contributed by atoms with E-state index in [1.165, 1.54) is 24.8 Å². The van der Waals surface area contributed by atoms with E-state index < -0.39 is 0 Å². The van der Waals surface area contributed by atoms with Gasteiger partial charge >= 0.3 is 0 Å². The number of rotatable bonds is 4. The number of carbonyl (C=O) groups excluding carboxylic acids is 1. The molecule has 0 aliphatic carbocycles. The lowest BCUT2D eigenvalue weighted by molar-refractivity contribution is 0.0923. The van der Waals surface area contributed by atoms with E-state index in [-0.39, 0.29) is 5.91 Å². The van der Waals surface area contributed by atoms with Crippen molar-refractivity contribution in [3.05, 3.63) is 54.0 Å². The van der Waals surface area contributed by atoms with Crippen LogP contribution in [0.1, 0.15) is 29.0 Å². The molecule has 1 aliphatic rings. The fourth-order valence-corrected chi connectivity index (χ4v) is 2.48. The molecule has 3 rings (SSSR count). The van der Waals surface area contributed by atoms with Crippen LogP contribution in [0.25, 0.3) is 0 Å². The van der Waals surface area contributed by atoms with Gasteiger partial charge in [0.05, 0.1) is 6.26 Å². The molecule has 1 aromatic carbocycles. The predicted octanol–water partition coefficient (Wildman–Crippen LogP) is 2.81. The lowest BCUT2D eigenvalue weighted by Crippen LogP contribution is -2.22. The van der Waals surface area contributed by atoms with Crippen molar-refractivity contribution in [3.63, 3.8) is 0 Å². The molecule has 2 aromatic rings. The Balaban J connectivity index is 1.56. The van der Waals surface area contributed by atoms with Crippen molar-refractivity contribution >= 4 is 11.6 Å². The molecular weight excluding hydrogens is 252 g/mol. The number of benzene rings is 1. The summed E-state index contributed by atoms with van der Waals surface area (Å²) in [5.74, 6) is 0.164. The molecule has 1 aliphatic heterocycles. The van der Waals surface area contributed by atoms with E-state index in [2.05, 4.69) is 34.5 Å². The summed E-state index contributed by atoms with van der Waals surface area (Å²) in [7, 11) is 0. The Morgan fingerprint density at radius 3 is 2.55 bits per heavy atom. The minimum absolute atomic E-state index is 0.182. The predicted molar refractivity (Wildman–Crippen MR) is 77.8 cm³/mol. The molecule has 1 aromatic heterocycles. The third-order valence-electron chi connectivity index (χ3n) is 3.61. The Hall–Kier alpha value is -2.23. The molecule has 104 valence electrons. The molecule has 1 saturated heterocycles. The van der Waals surface area contributed by atoms with E-state index in [9.17, 15) is 4.79 Å². The highest BCUT2D eigenvalue weighted by Gasteiger charge is 2.12. The summed E-state index contributed by atoms with van der Waals surface area (Å²) in [6, 6.07) is 11.7. The van der Waals surface area contributed by atoms with Crippen molar-refractivity contribution in [2.75, 3.05) is 18.0 Å². The number of amides is 1. The highest BCUT2D eigenvalue weighted by Crippen LogP contribution is 2.20. The van der Waals surface area contributed by atoms with E-state index in [0.717, 1.165) is 18.7 Å². The van der Waals surface area contributed by atoms with E-state index >= 15 is 0 Å². The number of nitrogens with one attached hydrogen (secondary N) is 1. The van der Waals surface area contributed by atoms with Crippen LogP contribution >= 0.6 is 0 Å². The number of nitrogens with zero attached hydrogens (tertiary/aromatic N) is 1. The van der Waals surface area contributed by atoms with Gasteiger partial charge in [-0.15, -0.1) is 0 Å². The van der Waals surface area contributed by atoms with Crippen LogP contribution in [0.4, 0.5) is 5.69 Å².